The Labute approximate surface area is 393 Å². The van der Waals surface area contributed by atoms with Gasteiger partial charge in [-0.25, -0.2) is 8.78 Å². The summed E-state index contributed by atoms with van der Waals surface area (Å²) in [6, 6.07) is 34.3. The smallest absolute Gasteiger partial charge is 0.150 e. The molecule has 68 heavy (non-hydrogen) atoms. The molecule has 4 aliphatic rings. The Hall–Kier alpha value is -6.76. The van der Waals surface area contributed by atoms with Crippen LogP contribution in [-0.2, 0) is 0 Å². The van der Waals surface area contributed by atoms with Gasteiger partial charge in [-0.3, -0.25) is 18.6 Å². The number of fused-ring (bicyclic) bond motifs is 2. The Balaban J connectivity index is 1.04. The third kappa shape index (κ3) is 9.14. The first-order chi connectivity index (χ1) is 33.0. The molecule has 6 aromatic carbocycles. The van der Waals surface area contributed by atoms with Crippen molar-refractivity contribution in [3.63, 3.8) is 0 Å². The quantitative estimate of drug-likeness (QED) is 0.0986. The summed E-state index contributed by atoms with van der Waals surface area (Å²) in [5.74, 6) is 1.53. The highest BCUT2D eigenvalue weighted by Crippen LogP contribution is 2.51. The molecule has 0 aromatic heterocycles. The van der Waals surface area contributed by atoms with E-state index in [4.69, 9.17) is 18.9 Å². The Morgan fingerprint density at radius 2 is 1.15 bits per heavy atom. The Morgan fingerprint density at radius 1 is 0.544 bits per heavy atom. The zero-order chi connectivity index (χ0) is 47.1. The van der Waals surface area contributed by atoms with Crippen molar-refractivity contribution in [3.8, 4) is 45.6 Å². The number of halogens is 4. The van der Waals surface area contributed by atoms with E-state index in [1.807, 2.05) is 68.4 Å². The predicted octanol–water partition coefficient (Wildman–Crippen LogP) is 11.7. The summed E-state index contributed by atoms with van der Waals surface area (Å²) in [6.07, 6.45) is -1.45. The van der Waals surface area contributed by atoms with E-state index in [0.29, 0.717) is 101 Å². The number of alkyl halides is 2. The minimum Gasteiger partial charge on any atom is -0.508 e. The van der Waals surface area contributed by atoms with E-state index in [9.17, 15) is 23.4 Å². The van der Waals surface area contributed by atoms with Gasteiger partial charge in [0.1, 0.15) is 71.6 Å². The van der Waals surface area contributed by atoms with E-state index in [1.165, 1.54) is 24.3 Å². The van der Waals surface area contributed by atoms with E-state index in [2.05, 4.69) is 9.80 Å². The minimum absolute atomic E-state index is 0.0247. The predicted molar refractivity (Wildman–Crippen MR) is 255 cm³/mol. The molecule has 0 unspecified atom stereocenters. The summed E-state index contributed by atoms with van der Waals surface area (Å²) < 4.78 is 83.7. The number of likely N-dealkylation sites (tertiary alicyclic amines) is 2. The van der Waals surface area contributed by atoms with Crippen LogP contribution in [0.1, 0.15) is 59.4 Å². The van der Waals surface area contributed by atoms with Gasteiger partial charge in [-0.05, 0) is 138 Å². The molecule has 2 saturated heterocycles. The molecule has 0 saturated carbocycles. The molecule has 2 atom stereocenters. The van der Waals surface area contributed by atoms with Crippen LogP contribution in [0.5, 0.6) is 34.5 Å². The van der Waals surface area contributed by atoms with Crippen molar-refractivity contribution >= 4 is 22.3 Å². The number of allylic oxidation sites excluding steroid dienone is 2. The Kier molecular flexibility index (Phi) is 12.6. The summed E-state index contributed by atoms with van der Waals surface area (Å²) in [5.41, 5.74) is 8.24. The molecule has 2 fully saturated rings. The molecule has 10 rings (SSSR count). The second-order valence-electron chi connectivity index (χ2n) is 18.3. The van der Waals surface area contributed by atoms with Crippen molar-refractivity contribution in [1.29, 1.82) is 0 Å². The second kappa shape index (κ2) is 19.1. The van der Waals surface area contributed by atoms with Crippen molar-refractivity contribution in [2.75, 3.05) is 65.8 Å². The van der Waals surface area contributed by atoms with Crippen LogP contribution in [0, 0.1) is 23.5 Å². The van der Waals surface area contributed by atoms with Crippen molar-refractivity contribution in [2.24, 2.45) is 11.8 Å². The van der Waals surface area contributed by atoms with Gasteiger partial charge in [0.25, 0.3) is 0 Å². The normalized spacial score (nSPS) is 18.6. The van der Waals surface area contributed by atoms with E-state index in [1.54, 1.807) is 42.5 Å². The van der Waals surface area contributed by atoms with Gasteiger partial charge in [-0.2, -0.15) is 0 Å². The molecule has 4 aliphatic heterocycles. The SMILES string of the molecule is CC1=C(c2cc(F)cc(-c3cc([C@@H]4Oc5ccc(O)cc5C(C)=C4c4cccc(F)c4)ccc3OCCN3CC(CF)C3)c2)[C@H](c2ccc(OCCN3CC(CF)C3)cc2)Oc2cc(O)ccc21. The van der Waals surface area contributed by atoms with Crippen LogP contribution in [0.2, 0.25) is 0 Å². The molecule has 0 amide bonds. The summed E-state index contributed by atoms with van der Waals surface area (Å²) in [7, 11) is 0. The number of aromatic hydroxyl groups is 2. The maximum atomic E-state index is 16.5. The van der Waals surface area contributed by atoms with Gasteiger partial charge >= 0.3 is 0 Å². The first kappa shape index (κ1) is 45.0. The second-order valence-corrected chi connectivity index (χ2v) is 18.3. The Morgan fingerprint density at radius 3 is 1.87 bits per heavy atom. The molecular weight excluding hydrogens is 873 g/mol. The number of hydrogen-bond acceptors (Lipinski definition) is 8. The number of phenols is 2. The van der Waals surface area contributed by atoms with E-state index in [-0.39, 0.29) is 36.7 Å². The number of nitrogens with zero attached hydrogens (tertiary/aromatic N) is 2. The average Bonchev–Trinajstić information content (AvgIpc) is 3.30. The fraction of sp³-hybridized carbons (Fsp3) is 0.286. The number of benzene rings is 6. The zero-order valence-electron chi connectivity index (χ0n) is 37.9. The van der Waals surface area contributed by atoms with Crippen molar-refractivity contribution < 1.29 is 46.7 Å². The summed E-state index contributed by atoms with van der Waals surface area (Å²) in [4.78, 5) is 4.30. The monoisotopic (exact) mass is 924 g/mol. The first-order valence-corrected chi connectivity index (χ1v) is 23.1. The molecule has 2 N–H and O–H groups in total. The topological polar surface area (TPSA) is 83.9 Å². The number of rotatable bonds is 15. The highest BCUT2D eigenvalue weighted by Gasteiger charge is 2.34. The van der Waals surface area contributed by atoms with Crippen LogP contribution < -0.4 is 18.9 Å². The zero-order valence-corrected chi connectivity index (χ0v) is 37.9. The largest absolute Gasteiger partial charge is 0.508 e. The van der Waals surface area contributed by atoms with Crippen LogP contribution in [0.25, 0.3) is 33.4 Å². The molecule has 0 bridgehead atoms. The molecular formula is C56H52F4N2O6. The summed E-state index contributed by atoms with van der Waals surface area (Å²) in [6.45, 7) is 8.05. The highest BCUT2D eigenvalue weighted by atomic mass is 19.1. The lowest BCUT2D eigenvalue weighted by Gasteiger charge is -2.37. The van der Waals surface area contributed by atoms with Crippen LogP contribution in [0.15, 0.2) is 121 Å². The third-order valence-corrected chi connectivity index (χ3v) is 13.5. The third-order valence-electron chi connectivity index (χ3n) is 13.5. The summed E-state index contributed by atoms with van der Waals surface area (Å²) in [5, 5.41) is 21.0. The lowest BCUT2D eigenvalue weighted by molar-refractivity contribution is 0.0668. The Bertz CT molecular complexity index is 2910. The maximum absolute atomic E-state index is 16.5. The van der Waals surface area contributed by atoms with Crippen LogP contribution >= 0.6 is 0 Å². The first-order valence-electron chi connectivity index (χ1n) is 23.1. The van der Waals surface area contributed by atoms with E-state index in [0.717, 1.165) is 40.9 Å². The minimum atomic E-state index is -0.737. The van der Waals surface area contributed by atoms with Gasteiger partial charge in [0, 0.05) is 85.0 Å². The fourth-order valence-corrected chi connectivity index (χ4v) is 9.94. The van der Waals surface area contributed by atoms with Crippen molar-refractivity contribution in [2.45, 2.75) is 26.1 Å². The number of ether oxygens (including phenoxy) is 4. The van der Waals surface area contributed by atoms with Gasteiger partial charge in [-0.1, -0.05) is 30.3 Å². The van der Waals surface area contributed by atoms with E-state index >= 15 is 4.39 Å². The fourth-order valence-electron chi connectivity index (χ4n) is 9.94. The standard InChI is InChI=1S/C56H52F4N2O6/c1-33-47-13-9-45(64)26-52(47)68-55(37-6-11-46(12-7-37)65-18-16-61-29-35(27-57)30-61)54(33)41-20-40(22-43(60)23-41)49-24-39(8-14-50(49)66-19-17-62-31-36(28-58)32-62)56-53(38-4-3-5-42(59)21-38)34(2)48-25-44(63)10-15-51(48)67-56/h3-15,20-26,35-36,55-56,63-64H,16-19,27-32H2,1-2H3/t55-,56-/m0/s1. The molecule has 0 aliphatic carbocycles. The van der Waals surface area contributed by atoms with Gasteiger partial charge in [0.15, 0.2) is 0 Å². The molecule has 350 valence electrons. The molecule has 12 heteroatoms. The summed E-state index contributed by atoms with van der Waals surface area (Å²) >= 11 is 0. The van der Waals surface area contributed by atoms with Crippen molar-refractivity contribution in [3.05, 3.63) is 166 Å². The highest BCUT2D eigenvalue weighted by molar-refractivity contribution is 5.97. The van der Waals surface area contributed by atoms with Crippen LogP contribution in [-0.4, -0.2) is 85.8 Å². The molecule has 0 radical (unpaired) electrons. The molecule has 8 nitrogen and oxygen atoms in total. The lowest BCUT2D eigenvalue weighted by Crippen LogP contribution is -2.49. The average molecular weight is 925 g/mol. The van der Waals surface area contributed by atoms with Gasteiger partial charge < -0.3 is 29.2 Å². The maximum Gasteiger partial charge on any atom is 0.150 e. The van der Waals surface area contributed by atoms with Gasteiger partial charge in [0.05, 0.1) is 13.3 Å². The lowest BCUT2D eigenvalue weighted by atomic mass is 9.84. The molecule has 6 aromatic rings. The van der Waals surface area contributed by atoms with E-state index < -0.39 is 23.8 Å². The number of hydrogen-bond donors (Lipinski definition) is 2. The van der Waals surface area contributed by atoms with Crippen LogP contribution in [0.4, 0.5) is 17.6 Å². The van der Waals surface area contributed by atoms with Crippen LogP contribution in [0.3, 0.4) is 0 Å². The molecule has 0 spiro atoms. The van der Waals surface area contributed by atoms with Gasteiger partial charge in [-0.15, -0.1) is 0 Å². The van der Waals surface area contributed by atoms with Crippen molar-refractivity contribution in [1.82, 2.24) is 9.80 Å². The van der Waals surface area contributed by atoms with Gasteiger partial charge in [0.2, 0.25) is 0 Å². The number of phenolic OH excluding ortho intramolecular Hbond substituents is 2. The molecule has 4 heterocycles.